The maximum Gasteiger partial charge on any atom is 0.274 e. The van der Waals surface area contributed by atoms with Gasteiger partial charge < -0.3 is 9.64 Å². The molecule has 138 valence electrons. The Morgan fingerprint density at radius 2 is 1.85 bits per heavy atom. The molecular formula is C21H21N3O3. The Hall–Kier alpha value is -3.41. The molecule has 0 saturated carbocycles. The number of carbonyl (C=O) groups excluding carboxylic acids is 1. The van der Waals surface area contributed by atoms with Crippen LogP contribution >= 0.6 is 0 Å². The molecule has 0 atom stereocenters. The van der Waals surface area contributed by atoms with Gasteiger partial charge in [0.2, 0.25) is 0 Å². The van der Waals surface area contributed by atoms with Gasteiger partial charge in [-0.3, -0.25) is 9.59 Å². The number of aryl methyl sites for hydroxylation is 1. The number of nitrogens with zero attached hydrogens (tertiary/aromatic N) is 3. The molecule has 6 nitrogen and oxygen atoms in total. The number of aromatic nitrogens is 2. The Balaban J connectivity index is 1.84. The van der Waals surface area contributed by atoms with E-state index in [9.17, 15) is 9.59 Å². The summed E-state index contributed by atoms with van der Waals surface area (Å²) in [5.74, 6) is 0.507. The van der Waals surface area contributed by atoms with Crippen LogP contribution in [0.25, 0.3) is 10.8 Å². The standard InChI is InChI=1S/C21H21N3O3/c1-4-13-27-16-11-9-15(10-12-16)14-23(2)21(26)19-17-7-5-6-8-18(17)20(25)24(3)22-19/h4-12H,1,13-14H2,2-3H3. The molecule has 1 aromatic heterocycles. The summed E-state index contributed by atoms with van der Waals surface area (Å²) in [5, 5.41) is 5.24. The second kappa shape index (κ2) is 7.86. The zero-order valence-corrected chi connectivity index (χ0v) is 15.4. The van der Waals surface area contributed by atoms with Crippen molar-refractivity contribution in [3.63, 3.8) is 0 Å². The van der Waals surface area contributed by atoms with Crippen LogP contribution in [0.5, 0.6) is 5.75 Å². The highest BCUT2D eigenvalue weighted by atomic mass is 16.5. The first-order valence-electron chi connectivity index (χ1n) is 8.55. The van der Waals surface area contributed by atoms with Gasteiger partial charge in [-0.05, 0) is 23.8 Å². The first-order valence-corrected chi connectivity index (χ1v) is 8.55. The van der Waals surface area contributed by atoms with Gasteiger partial charge in [-0.15, -0.1) is 0 Å². The molecule has 0 aliphatic carbocycles. The van der Waals surface area contributed by atoms with E-state index < -0.39 is 0 Å². The number of ether oxygens (including phenoxy) is 1. The maximum atomic E-state index is 12.9. The molecule has 6 heteroatoms. The lowest BCUT2D eigenvalue weighted by atomic mass is 10.1. The van der Waals surface area contributed by atoms with Gasteiger partial charge >= 0.3 is 0 Å². The SMILES string of the molecule is C=CCOc1ccc(CN(C)C(=O)c2nn(C)c(=O)c3ccccc23)cc1. The number of hydrogen-bond donors (Lipinski definition) is 0. The van der Waals surface area contributed by atoms with Crippen molar-refractivity contribution in [1.29, 1.82) is 0 Å². The molecule has 3 aromatic rings. The molecule has 0 aliphatic rings. The predicted octanol–water partition coefficient (Wildman–Crippen LogP) is 2.77. The van der Waals surface area contributed by atoms with E-state index in [2.05, 4.69) is 11.7 Å². The third kappa shape index (κ3) is 3.89. The van der Waals surface area contributed by atoms with Crippen LogP contribution in [0.15, 0.2) is 66.0 Å². The van der Waals surface area contributed by atoms with Gasteiger partial charge in [-0.1, -0.05) is 43.0 Å². The number of hydrogen-bond acceptors (Lipinski definition) is 4. The number of benzene rings is 2. The fourth-order valence-electron chi connectivity index (χ4n) is 2.83. The highest BCUT2D eigenvalue weighted by Crippen LogP contribution is 2.17. The van der Waals surface area contributed by atoms with Crippen molar-refractivity contribution in [3.8, 4) is 5.75 Å². The van der Waals surface area contributed by atoms with Crippen LogP contribution < -0.4 is 10.3 Å². The second-order valence-corrected chi connectivity index (χ2v) is 6.23. The minimum atomic E-state index is -0.242. The summed E-state index contributed by atoms with van der Waals surface area (Å²) in [6, 6.07) is 14.6. The fourth-order valence-corrected chi connectivity index (χ4v) is 2.83. The molecule has 0 saturated heterocycles. The van der Waals surface area contributed by atoms with E-state index in [1.165, 1.54) is 4.68 Å². The monoisotopic (exact) mass is 363 g/mol. The number of rotatable bonds is 6. The average molecular weight is 363 g/mol. The normalized spacial score (nSPS) is 10.6. The highest BCUT2D eigenvalue weighted by molar-refractivity contribution is 6.04. The topological polar surface area (TPSA) is 64.4 Å². The molecule has 0 unspecified atom stereocenters. The summed E-state index contributed by atoms with van der Waals surface area (Å²) in [7, 11) is 3.26. The van der Waals surface area contributed by atoms with Crippen LogP contribution in [0, 0.1) is 0 Å². The van der Waals surface area contributed by atoms with E-state index in [4.69, 9.17) is 4.74 Å². The summed E-state index contributed by atoms with van der Waals surface area (Å²) in [6.07, 6.45) is 1.69. The Bertz CT molecular complexity index is 1040. The number of carbonyl (C=O) groups is 1. The molecule has 0 radical (unpaired) electrons. The van der Waals surface area contributed by atoms with Gasteiger partial charge in [0.1, 0.15) is 12.4 Å². The first kappa shape index (κ1) is 18.4. The summed E-state index contributed by atoms with van der Waals surface area (Å²) < 4.78 is 6.67. The van der Waals surface area contributed by atoms with Gasteiger partial charge in [-0.25, -0.2) is 4.68 Å². The minimum Gasteiger partial charge on any atom is -0.490 e. The highest BCUT2D eigenvalue weighted by Gasteiger charge is 2.19. The molecule has 0 fully saturated rings. The lowest BCUT2D eigenvalue weighted by Gasteiger charge is -2.18. The van der Waals surface area contributed by atoms with Crippen molar-refractivity contribution < 1.29 is 9.53 Å². The van der Waals surface area contributed by atoms with Crippen molar-refractivity contribution in [1.82, 2.24) is 14.7 Å². The lowest BCUT2D eigenvalue weighted by Crippen LogP contribution is -2.30. The smallest absolute Gasteiger partial charge is 0.274 e. The van der Waals surface area contributed by atoms with Crippen LogP contribution in [-0.4, -0.2) is 34.2 Å². The molecule has 3 rings (SSSR count). The molecule has 0 spiro atoms. The Morgan fingerprint density at radius 3 is 2.52 bits per heavy atom. The summed E-state index contributed by atoms with van der Waals surface area (Å²) in [6.45, 7) is 4.48. The molecule has 0 N–H and O–H groups in total. The van der Waals surface area contributed by atoms with Crippen LogP contribution in [0.1, 0.15) is 16.1 Å². The zero-order valence-electron chi connectivity index (χ0n) is 15.4. The van der Waals surface area contributed by atoms with Crippen LogP contribution in [0.2, 0.25) is 0 Å². The van der Waals surface area contributed by atoms with Gasteiger partial charge in [0, 0.05) is 26.0 Å². The van der Waals surface area contributed by atoms with Crippen molar-refractivity contribution >= 4 is 16.7 Å². The third-order valence-corrected chi connectivity index (χ3v) is 4.22. The summed E-state index contributed by atoms with van der Waals surface area (Å²) >= 11 is 0. The minimum absolute atomic E-state index is 0.222. The van der Waals surface area contributed by atoms with Crippen molar-refractivity contribution in [2.24, 2.45) is 7.05 Å². The molecule has 1 heterocycles. The van der Waals surface area contributed by atoms with Crippen LogP contribution in [0.3, 0.4) is 0 Å². The van der Waals surface area contributed by atoms with Crippen LogP contribution in [0.4, 0.5) is 0 Å². The van der Waals surface area contributed by atoms with E-state index in [0.717, 1.165) is 11.3 Å². The van der Waals surface area contributed by atoms with Crippen molar-refractivity contribution in [2.75, 3.05) is 13.7 Å². The fraction of sp³-hybridized carbons (Fsp3) is 0.190. The zero-order chi connectivity index (χ0) is 19.4. The van der Waals surface area contributed by atoms with E-state index in [0.29, 0.717) is 23.9 Å². The summed E-state index contributed by atoms with van der Waals surface area (Å²) in [4.78, 5) is 26.8. The Morgan fingerprint density at radius 1 is 1.19 bits per heavy atom. The molecule has 2 aromatic carbocycles. The second-order valence-electron chi connectivity index (χ2n) is 6.23. The average Bonchev–Trinajstić information content (AvgIpc) is 2.69. The molecule has 27 heavy (non-hydrogen) atoms. The van der Waals surface area contributed by atoms with E-state index >= 15 is 0 Å². The van der Waals surface area contributed by atoms with Gasteiger partial charge in [0.15, 0.2) is 5.69 Å². The third-order valence-electron chi connectivity index (χ3n) is 4.22. The van der Waals surface area contributed by atoms with Gasteiger partial charge in [0.05, 0.1) is 5.39 Å². The molecular weight excluding hydrogens is 342 g/mol. The quantitative estimate of drug-likeness (QED) is 0.632. The van der Waals surface area contributed by atoms with Gasteiger partial charge in [-0.2, -0.15) is 5.10 Å². The Kier molecular flexibility index (Phi) is 5.35. The largest absolute Gasteiger partial charge is 0.490 e. The lowest BCUT2D eigenvalue weighted by molar-refractivity contribution is 0.0779. The first-order chi connectivity index (χ1) is 13.0. The van der Waals surface area contributed by atoms with Crippen molar-refractivity contribution in [2.45, 2.75) is 6.54 Å². The Labute approximate surface area is 157 Å². The summed E-state index contributed by atoms with van der Waals surface area (Å²) in [5.41, 5.74) is 1.01. The van der Waals surface area contributed by atoms with E-state index in [-0.39, 0.29) is 17.2 Å². The molecule has 0 aliphatic heterocycles. The number of fused-ring (bicyclic) bond motifs is 1. The van der Waals surface area contributed by atoms with E-state index in [1.54, 1.807) is 49.3 Å². The maximum absolute atomic E-state index is 12.9. The van der Waals surface area contributed by atoms with Crippen LogP contribution in [-0.2, 0) is 13.6 Å². The molecule has 0 bridgehead atoms. The number of amides is 1. The van der Waals surface area contributed by atoms with E-state index in [1.807, 2.05) is 24.3 Å². The predicted molar refractivity (Wildman–Crippen MR) is 105 cm³/mol. The van der Waals surface area contributed by atoms with Crippen molar-refractivity contribution in [3.05, 3.63) is 82.8 Å². The van der Waals surface area contributed by atoms with Gasteiger partial charge in [0.25, 0.3) is 11.5 Å². The molecule has 1 amide bonds.